The maximum Gasteiger partial charge on any atom is 0.115 e. The van der Waals surface area contributed by atoms with Gasteiger partial charge >= 0.3 is 0 Å². The van der Waals surface area contributed by atoms with Gasteiger partial charge in [-0.2, -0.15) is 0 Å². The van der Waals surface area contributed by atoms with E-state index in [4.69, 9.17) is 0 Å². The number of phenolic OH excluding ortho intramolecular Hbond substituents is 2. The SMILES string of the molecule is Oc1ccc(C2(c3ccc(O)cc3)CCCCCCCCCCCCCCC2)cc1. The molecule has 0 spiro atoms. The maximum absolute atomic E-state index is 9.87. The Morgan fingerprint density at radius 2 is 0.667 bits per heavy atom. The molecular weight excluding hydrogens is 368 g/mol. The molecule has 2 nitrogen and oxygen atoms in total. The van der Waals surface area contributed by atoms with E-state index in [1.54, 1.807) is 0 Å². The van der Waals surface area contributed by atoms with Gasteiger partial charge in [-0.15, -0.1) is 0 Å². The van der Waals surface area contributed by atoms with Crippen molar-refractivity contribution in [3.05, 3.63) is 59.7 Å². The van der Waals surface area contributed by atoms with Gasteiger partial charge in [0.2, 0.25) is 0 Å². The first-order chi connectivity index (χ1) is 14.7. The first-order valence-corrected chi connectivity index (χ1v) is 12.3. The third-order valence-corrected chi connectivity index (χ3v) is 7.05. The van der Waals surface area contributed by atoms with E-state index in [2.05, 4.69) is 24.3 Å². The van der Waals surface area contributed by atoms with Crippen LogP contribution in [0.15, 0.2) is 48.5 Å². The van der Waals surface area contributed by atoms with Crippen LogP contribution in [0.3, 0.4) is 0 Å². The number of aromatic hydroxyl groups is 2. The third kappa shape index (κ3) is 6.52. The van der Waals surface area contributed by atoms with E-state index in [1.807, 2.05) is 24.3 Å². The number of rotatable bonds is 2. The fourth-order valence-electron chi connectivity index (χ4n) is 5.23. The zero-order valence-electron chi connectivity index (χ0n) is 18.6. The molecule has 3 rings (SSSR count). The van der Waals surface area contributed by atoms with Crippen LogP contribution < -0.4 is 0 Å². The average molecular weight is 409 g/mol. The van der Waals surface area contributed by atoms with Gasteiger partial charge in [0.1, 0.15) is 11.5 Å². The summed E-state index contributed by atoms with van der Waals surface area (Å²) in [7, 11) is 0. The van der Waals surface area contributed by atoms with E-state index in [0.717, 1.165) is 12.8 Å². The second kappa shape index (κ2) is 12.0. The van der Waals surface area contributed by atoms with Gasteiger partial charge in [-0.25, -0.2) is 0 Å². The molecule has 1 aliphatic carbocycles. The van der Waals surface area contributed by atoms with Crippen molar-refractivity contribution in [2.45, 2.75) is 102 Å². The van der Waals surface area contributed by atoms with Crippen LogP contribution in [0.2, 0.25) is 0 Å². The van der Waals surface area contributed by atoms with Gasteiger partial charge in [-0.3, -0.25) is 0 Å². The van der Waals surface area contributed by atoms with Crippen molar-refractivity contribution in [2.24, 2.45) is 0 Å². The van der Waals surface area contributed by atoms with Gasteiger partial charge in [0.05, 0.1) is 0 Å². The molecule has 0 heterocycles. The Labute approximate surface area is 183 Å². The molecule has 1 aliphatic rings. The average Bonchev–Trinajstić information content (AvgIpc) is 2.75. The smallest absolute Gasteiger partial charge is 0.115 e. The molecule has 0 aromatic heterocycles. The van der Waals surface area contributed by atoms with Gasteiger partial charge in [-0.1, -0.05) is 108 Å². The van der Waals surface area contributed by atoms with E-state index in [-0.39, 0.29) is 5.41 Å². The van der Waals surface area contributed by atoms with Crippen molar-refractivity contribution in [1.29, 1.82) is 0 Å². The zero-order valence-corrected chi connectivity index (χ0v) is 18.6. The molecule has 1 fully saturated rings. The Morgan fingerprint density at radius 3 is 0.967 bits per heavy atom. The van der Waals surface area contributed by atoms with Crippen LogP contribution in [0.4, 0.5) is 0 Å². The van der Waals surface area contributed by atoms with E-state index in [0.29, 0.717) is 11.5 Å². The Balaban J connectivity index is 1.86. The monoisotopic (exact) mass is 408 g/mol. The van der Waals surface area contributed by atoms with Crippen molar-refractivity contribution >= 4 is 0 Å². The molecule has 2 N–H and O–H groups in total. The number of hydrogen-bond donors (Lipinski definition) is 2. The molecule has 0 atom stereocenters. The lowest BCUT2D eigenvalue weighted by molar-refractivity contribution is 0.386. The summed E-state index contributed by atoms with van der Waals surface area (Å²) in [5.41, 5.74) is 2.55. The second-order valence-corrected chi connectivity index (χ2v) is 9.27. The van der Waals surface area contributed by atoms with Gasteiger partial charge in [-0.05, 0) is 48.2 Å². The summed E-state index contributed by atoms with van der Waals surface area (Å²) in [6.45, 7) is 0. The molecule has 164 valence electrons. The summed E-state index contributed by atoms with van der Waals surface area (Å²) in [5, 5.41) is 19.7. The molecule has 2 aromatic carbocycles. The Morgan fingerprint density at radius 1 is 0.400 bits per heavy atom. The van der Waals surface area contributed by atoms with Crippen LogP contribution in [0.1, 0.15) is 107 Å². The van der Waals surface area contributed by atoms with Gasteiger partial charge in [0.25, 0.3) is 0 Å². The summed E-state index contributed by atoms with van der Waals surface area (Å²) in [6, 6.07) is 15.8. The fourth-order valence-corrected chi connectivity index (χ4v) is 5.23. The molecule has 2 aromatic rings. The molecule has 0 aliphatic heterocycles. The van der Waals surface area contributed by atoms with Crippen LogP contribution in [0.5, 0.6) is 11.5 Å². The van der Waals surface area contributed by atoms with Crippen LogP contribution in [-0.4, -0.2) is 10.2 Å². The molecule has 30 heavy (non-hydrogen) atoms. The van der Waals surface area contributed by atoms with Gasteiger partial charge in [0, 0.05) is 5.41 Å². The normalized spacial score (nSPS) is 19.9. The molecule has 1 saturated carbocycles. The molecule has 0 amide bonds. The van der Waals surface area contributed by atoms with E-state index < -0.39 is 0 Å². The molecular formula is C28H40O2. The Kier molecular flexibility index (Phi) is 9.11. The van der Waals surface area contributed by atoms with E-state index >= 15 is 0 Å². The fraction of sp³-hybridized carbons (Fsp3) is 0.571. The minimum atomic E-state index is -0.0432. The minimum Gasteiger partial charge on any atom is -0.508 e. The second-order valence-electron chi connectivity index (χ2n) is 9.27. The highest BCUT2D eigenvalue weighted by atomic mass is 16.3. The standard InChI is InChI=1S/C28H40O2/c29-26-18-14-24(15-19-26)28(25-16-20-27(30)21-17-25)22-12-10-8-6-4-2-1-3-5-7-9-11-13-23-28/h14-21,29-30H,1-13,22-23H2. The summed E-state index contributed by atoms with van der Waals surface area (Å²) >= 11 is 0. The van der Waals surface area contributed by atoms with Crippen molar-refractivity contribution < 1.29 is 10.2 Å². The van der Waals surface area contributed by atoms with Crippen molar-refractivity contribution in [3.8, 4) is 11.5 Å². The topological polar surface area (TPSA) is 40.5 Å². The van der Waals surface area contributed by atoms with Crippen molar-refractivity contribution in [2.75, 3.05) is 0 Å². The largest absolute Gasteiger partial charge is 0.508 e. The maximum atomic E-state index is 9.87. The van der Waals surface area contributed by atoms with Crippen molar-refractivity contribution in [3.63, 3.8) is 0 Å². The first-order valence-electron chi connectivity index (χ1n) is 12.3. The Hall–Kier alpha value is -1.96. The molecule has 0 bridgehead atoms. The molecule has 0 saturated heterocycles. The van der Waals surface area contributed by atoms with Crippen molar-refractivity contribution in [1.82, 2.24) is 0 Å². The highest BCUT2D eigenvalue weighted by Crippen LogP contribution is 2.43. The van der Waals surface area contributed by atoms with Crippen LogP contribution >= 0.6 is 0 Å². The number of benzene rings is 2. The van der Waals surface area contributed by atoms with Crippen LogP contribution in [0.25, 0.3) is 0 Å². The lowest BCUT2D eigenvalue weighted by atomic mass is 9.68. The highest BCUT2D eigenvalue weighted by molar-refractivity contribution is 5.43. The highest BCUT2D eigenvalue weighted by Gasteiger charge is 2.33. The van der Waals surface area contributed by atoms with E-state index in [1.165, 1.54) is 94.6 Å². The lowest BCUT2D eigenvalue weighted by Crippen LogP contribution is -2.28. The zero-order chi connectivity index (χ0) is 21.1. The van der Waals surface area contributed by atoms with Gasteiger partial charge in [0.15, 0.2) is 0 Å². The third-order valence-electron chi connectivity index (χ3n) is 7.05. The summed E-state index contributed by atoms with van der Waals surface area (Å²) < 4.78 is 0. The molecule has 0 radical (unpaired) electrons. The minimum absolute atomic E-state index is 0.0432. The quantitative estimate of drug-likeness (QED) is 0.525. The summed E-state index contributed by atoms with van der Waals surface area (Å²) in [4.78, 5) is 0. The summed E-state index contributed by atoms with van der Waals surface area (Å²) in [5.74, 6) is 0.653. The predicted octanol–water partition coefficient (Wildman–Crippen LogP) is 8.25. The Bertz CT molecular complexity index is 654. The number of phenols is 2. The van der Waals surface area contributed by atoms with E-state index in [9.17, 15) is 10.2 Å². The van der Waals surface area contributed by atoms with Crippen LogP contribution in [-0.2, 0) is 5.41 Å². The first kappa shape index (κ1) is 22.7. The molecule has 0 unspecified atom stereocenters. The summed E-state index contributed by atoms with van der Waals surface area (Å²) in [6.07, 6.45) is 19.7. The molecule has 2 heteroatoms. The predicted molar refractivity (Wildman–Crippen MR) is 126 cm³/mol. The number of hydrogen-bond acceptors (Lipinski definition) is 2. The van der Waals surface area contributed by atoms with Crippen LogP contribution in [0, 0.1) is 0 Å². The van der Waals surface area contributed by atoms with Gasteiger partial charge < -0.3 is 10.2 Å². The lowest BCUT2D eigenvalue weighted by Gasteiger charge is -2.36.